The maximum absolute atomic E-state index is 11.9. The molecule has 2 aliphatic rings. The number of ether oxygens (including phenoxy) is 1. The van der Waals surface area contributed by atoms with Crippen molar-refractivity contribution in [3.05, 3.63) is 22.8 Å². The summed E-state index contributed by atoms with van der Waals surface area (Å²) in [5.74, 6) is -0.384. The van der Waals surface area contributed by atoms with Gasteiger partial charge >= 0.3 is 5.97 Å². The van der Waals surface area contributed by atoms with Crippen molar-refractivity contribution >= 4 is 11.8 Å². The van der Waals surface area contributed by atoms with Gasteiger partial charge in [0.25, 0.3) is 0 Å². The van der Waals surface area contributed by atoms with Crippen LogP contribution in [-0.4, -0.2) is 29.6 Å². The van der Waals surface area contributed by atoms with Crippen LogP contribution in [0.25, 0.3) is 0 Å². The minimum Gasteiger partial charge on any atom is -0.454 e. The van der Waals surface area contributed by atoms with E-state index in [-0.39, 0.29) is 24.4 Å². The Bertz CT molecular complexity index is 459. The van der Waals surface area contributed by atoms with Gasteiger partial charge in [0.1, 0.15) is 11.9 Å². The molecule has 0 aromatic rings. The van der Waals surface area contributed by atoms with Crippen molar-refractivity contribution in [1.29, 1.82) is 0 Å². The SMILES string of the molecule is CC1=CCC(=O)C(C)CC2OC(=O)C(CO)=C2CC1. The lowest BCUT2D eigenvalue weighted by molar-refractivity contribution is -0.141. The van der Waals surface area contributed by atoms with E-state index in [1.807, 2.05) is 19.9 Å². The van der Waals surface area contributed by atoms with Crippen LogP contribution in [0.5, 0.6) is 0 Å². The number of hydrogen-bond donors (Lipinski definition) is 1. The lowest BCUT2D eigenvalue weighted by Gasteiger charge is -2.19. The molecule has 1 aliphatic carbocycles. The van der Waals surface area contributed by atoms with Gasteiger partial charge in [0.15, 0.2) is 0 Å². The molecule has 1 N–H and O–H groups in total. The molecule has 4 nitrogen and oxygen atoms in total. The minimum atomic E-state index is -0.428. The highest BCUT2D eigenvalue weighted by Gasteiger charge is 2.35. The number of hydrogen-bond acceptors (Lipinski definition) is 4. The molecule has 1 aliphatic heterocycles. The first-order valence-corrected chi connectivity index (χ1v) is 6.75. The molecule has 0 saturated heterocycles. The van der Waals surface area contributed by atoms with Gasteiger partial charge in [-0.05, 0) is 31.8 Å². The van der Waals surface area contributed by atoms with Crippen LogP contribution in [0.1, 0.15) is 39.5 Å². The summed E-state index contributed by atoms with van der Waals surface area (Å²) < 4.78 is 5.31. The van der Waals surface area contributed by atoms with Gasteiger partial charge in [-0.15, -0.1) is 0 Å². The summed E-state index contributed by atoms with van der Waals surface area (Å²) in [6, 6.07) is 0. The molecule has 4 heteroatoms. The Morgan fingerprint density at radius 1 is 1.37 bits per heavy atom. The first-order valence-electron chi connectivity index (χ1n) is 6.75. The molecular formula is C15H20O4. The second-order valence-corrected chi connectivity index (χ2v) is 5.41. The summed E-state index contributed by atoms with van der Waals surface area (Å²) in [5.41, 5.74) is 2.41. The number of rotatable bonds is 1. The van der Waals surface area contributed by atoms with Gasteiger partial charge in [-0.1, -0.05) is 18.6 Å². The third kappa shape index (κ3) is 2.95. The van der Waals surface area contributed by atoms with Gasteiger partial charge in [0.05, 0.1) is 12.2 Å². The van der Waals surface area contributed by atoms with Gasteiger partial charge in [-0.25, -0.2) is 4.79 Å². The summed E-state index contributed by atoms with van der Waals surface area (Å²) in [5, 5.41) is 9.31. The number of allylic oxidation sites excluding steroid dienone is 2. The van der Waals surface area contributed by atoms with E-state index in [0.29, 0.717) is 18.4 Å². The summed E-state index contributed by atoms with van der Waals surface area (Å²) in [4.78, 5) is 23.6. The van der Waals surface area contributed by atoms with Gasteiger partial charge in [0, 0.05) is 12.3 Å². The first kappa shape index (κ1) is 14.0. The van der Waals surface area contributed by atoms with Crippen LogP contribution in [0.4, 0.5) is 0 Å². The number of carbonyl (C=O) groups is 2. The predicted octanol–water partition coefficient (Wildman–Crippen LogP) is 1.93. The highest BCUT2D eigenvalue weighted by molar-refractivity contribution is 5.92. The van der Waals surface area contributed by atoms with E-state index in [1.165, 1.54) is 0 Å². The molecule has 2 unspecified atom stereocenters. The molecule has 0 bridgehead atoms. The lowest BCUT2D eigenvalue weighted by Crippen LogP contribution is -2.21. The number of ketones is 1. The predicted molar refractivity (Wildman–Crippen MR) is 70.4 cm³/mol. The van der Waals surface area contributed by atoms with Crippen LogP contribution in [0.2, 0.25) is 0 Å². The smallest absolute Gasteiger partial charge is 0.337 e. The summed E-state index contributed by atoms with van der Waals surface area (Å²) >= 11 is 0. The number of esters is 1. The lowest BCUT2D eigenvalue weighted by atomic mass is 9.88. The van der Waals surface area contributed by atoms with Gasteiger partial charge in [-0.3, -0.25) is 4.79 Å². The molecule has 1 heterocycles. The third-order valence-electron chi connectivity index (χ3n) is 3.99. The topological polar surface area (TPSA) is 63.6 Å². The van der Waals surface area contributed by atoms with Gasteiger partial charge in [-0.2, -0.15) is 0 Å². The Balaban J connectivity index is 2.31. The van der Waals surface area contributed by atoms with Crippen molar-refractivity contribution in [2.75, 3.05) is 6.61 Å². The largest absolute Gasteiger partial charge is 0.454 e. The maximum atomic E-state index is 11.9. The average molecular weight is 264 g/mol. The standard InChI is InChI=1S/C15H20O4/c1-9-3-5-11-12(8-16)15(18)19-14(11)7-10(2)13(17)6-4-9/h4,10,14,16H,3,5-8H2,1-2H3. The number of carbonyl (C=O) groups excluding carboxylic acids is 2. The molecule has 2 atom stereocenters. The number of aliphatic hydroxyl groups is 1. The number of fused-ring (bicyclic) bond motifs is 1. The van der Waals surface area contributed by atoms with Crippen LogP contribution in [0.15, 0.2) is 22.8 Å². The monoisotopic (exact) mass is 264 g/mol. The van der Waals surface area contributed by atoms with Gasteiger partial charge in [0.2, 0.25) is 0 Å². The highest BCUT2D eigenvalue weighted by Crippen LogP contribution is 2.32. The van der Waals surface area contributed by atoms with Crippen LogP contribution in [-0.2, 0) is 14.3 Å². The summed E-state index contributed by atoms with van der Waals surface area (Å²) in [6.45, 7) is 3.58. The fraction of sp³-hybridized carbons (Fsp3) is 0.600. The van der Waals surface area contributed by atoms with E-state index >= 15 is 0 Å². The summed E-state index contributed by atoms with van der Waals surface area (Å²) in [6.07, 6.45) is 4.13. The molecule has 104 valence electrons. The normalized spacial score (nSPS) is 28.9. The van der Waals surface area contributed by atoms with E-state index in [9.17, 15) is 14.7 Å². The number of Topliss-reactive ketones (excluding diaryl/α,β-unsaturated/α-hetero) is 1. The zero-order valence-electron chi connectivity index (χ0n) is 11.4. The van der Waals surface area contributed by atoms with E-state index in [2.05, 4.69) is 0 Å². The maximum Gasteiger partial charge on any atom is 0.337 e. The zero-order chi connectivity index (χ0) is 14.0. The third-order valence-corrected chi connectivity index (χ3v) is 3.99. The zero-order valence-corrected chi connectivity index (χ0v) is 11.4. The van der Waals surface area contributed by atoms with Gasteiger partial charge < -0.3 is 9.84 Å². The van der Waals surface area contributed by atoms with E-state index in [4.69, 9.17) is 4.74 Å². The highest BCUT2D eigenvalue weighted by atomic mass is 16.5. The molecule has 0 amide bonds. The molecular weight excluding hydrogens is 244 g/mol. The minimum absolute atomic E-state index is 0.131. The molecule has 0 aromatic carbocycles. The molecule has 0 radical (unpaired) electrons. The molecule has 2 rings (SSSR count). The van der Waals surface area contributed by atoms with Crippen LogP contribution < -0.4 is 0 Å². The van der Waals surface area contributed by atoms with Crippen molar-refractivity contribution in [1.82, 2.24) is 0 Å². The van der Waals surface area contributed by atoms with Crippen LogP contribution in [0, 0.1) is 5.92 Å². The molecule has 19 heavy (non-hydrogen) atoms. The van der Waals surface area contributed by atoms with E-state index < -0.39 is 5.97 Å². The Morgan fingerprint density at radius 2 is 2.11 bits per heavy atom. The Kier molecular flexibility index (Phi) is 4.20. The first-order chi connectivity index (χ1) is 9.02. The van der Waals surface area contributed by atoms with Crippen molar-refractivity contribution < 1.29 is 19.4 Å². The van der Waals surface area contributed by atoms with Crippen molar-refractivity contribution in [2.24, 2.45) is 5.92 Å². The molecule has 0 fully saturated rings. The second-order valence-electron chi connectivity index (χ2n) is 5.41. The fourth-order valence-corrected chi connectivity index (χ4v) is 2.63. The molecule has 0 saturated carbocycles. The summed E-state index contributed by atoms with van der Waals surface area (Å²) in [7, 11) is 0. The molecule has 0 spiro atoms. The Labute approximate surface area is 113 Å². The Morgan fingerprint density at radius 3 is 2.79 bits per heavy atom. The van der Waals surface area contributed by atoms with E-state index in [0.717, 1.165) is 24.0 Å². The molecule has 0 aromatic heterocycles. The Hall–Kier alpha value is -1.42. The van der Waals surface area contributed by atoms with Crippen LogP contribution >= 0.6 is 0 Å². The number of aliphatic hydroxyl groups excluding tert-OH is 1. The van der Waals surface area contributed by atoms with E-state index in [1.54, 1.807) is 0 Å². The van der Waals surface area contributed by atoms with Crippen molar-refractivity contribution in [3.8, 4) is 0 Å². The van der Waals surface area contributed by atoms with Crippen molar-refractivity contribution in [2.45, 2.75) is 45.6 Å². The van der Waals surface area contributed by atoms with Crippen LogP contribution in [0.3, 0.4) is 0 Å². The average Bonchev–Trinajstić information content (AvgIpc) is 2.67. The fourth-order valence-electron chi connectivity index (χ4n) is 2.63. The van der Waals surface area contributed by atoms with Crippen molar-refractivity contribution in [3.63, 3.8) is 0 Å². The quantitative estimate of drug-likeness (QED) is 0.580. The second kappa shape index (κ2) is 5.70.